The first-order valence-corrected chi connectivity index (χ1v) is 11.1. The average Bonchev–Trinajstić information content (AvgIpc) is 2.80. The van der Waals surface area contributed by atoms with Crippen LogP contribution in [-0.2, 0) is 11.4 Å². The molecule has 0 aliphatic heterocycles. The first-order valence-electron chi connectivity index (χ1n) is 10.4. The topological polar surface area (TPSA) is 79.8 Å². The SMILES string of the molecule is CCC/C(=N\OCc1ccc(NC(=O)NC(=O)c2ccccc2Cl)cc1Cl)c1ccccc1. The molecule has 3 rings (SSSR count). The molecule has 3 aromatic carbocycles. The van der Waals surface area contributed by atoms with Gasteiger partial charge in [-0.2, -0.15) is 0 Å². The molecule has 0 saturated heterocycles. The van der Waals surface area contributed by atoms with Crippen molar-refractivity contribution in [2.45, 2.75) is 26.4 Å². The summed E-state index contributed by atoms with van der Waals surface area (Å²) in [5.74, 6) is -0.603. The number of hydrogen-bond donors (Lipinski definition) is 2. The summed E-state index contributed by atoms with van der Waals surface area (Å²) >= 11 is 12.3. The van der Waals surface area contributed by atoms with Gasteiger partial charge in [0, 0.05) is 16.3 Å². The number of rotatable bonds is 8. The van der Waals surface area contributed by atoms with Crippen LogP contribution in [0.3, 0.4) is 0 Å². The number of nitrogens with one attached hydrogen (secondary N) is 2. The van der Waals surface area contributed by atoms with Crippen LogP contribution in [0.2, 0.25) is 10.0 Å². The lowest BCUT2D eigenvalue weighted by atomic mass is 10.1. The lowest BCUT2D eigenvalue weighted by molar-refractivity contribution is 0.0967. The zero-order chi connectivity index (χ0) is 23.6. The van der Waals surface area contributed by atoms with E-state index < -0.39 is 11.9 Å². The van der Waals surface area contributed by atoms with Gasteiger partial charge in [0.05, 0.1) is 16.3 Å². The van der Waals surface area contributed by atoms with E-state index in [-0.39, 0.29) is 17.2 Å². The molecule has 6 nitrogen and oxygen atoms in total. The number of carbonyl (C=O) groups is 2. The zero-order valence-electron chi connectivity index (χ0n) is 18.0. The number of carbonyl (C=O) groups excluding carboxylic acids is 2. The van der Waals surface area contributed by atoms with Gasteiger partial charge in [0.15, 0.2) is 0 Å². The lowest BCUT2D eigenvalue weighted by Gasteiger charge is -2.10. The maximum Gasteiger partial charge on any atom is 0.326 e. The van der Waals surface area contributed by atoms with Gasteiger partial charge in [-0.25, -0.2) is 4.79 Å². The molecule has 0 heterocycles. The van der Waals surface area contributed by atoms with Crippen molar-refractivity contribution in [2.75, 3.05) is 5.32 Å². The van der Waals surface area contributed by atoms with Crippen molar-refractivity contribution >= 4 is 46.5 Å². The third-order valence-electron chi connectivity index (χ3n) is 4.65. The fraction of sp³-hybridized carbons (Fsp3) is 0.160. The normalized spacial score (nSPS) is 11.1. The van der Waals surface area contributed by atoms with Crippen molar-refractivity contribution in [1.29, 1.82) is 0 Å². The molecule has 8 heteroatoms. The van der Waals surface area contributed by atoms with Crippen LogP contribution in [0.4, 0.5) is 10.5 Å². The molecule has 0 atom stereocenters. The smallest absolute Gasteiger partial charge is 0.326 e. The Hall–Kier alpha value is -3.35. The first-order chi connectivity index (χ1) is 16.0. The van der Waals surface area contributed by atoms with Gasteiger partial charge in [0.25, 0.3) is 5.91 Å². The van der Waals surface area contributed by atoms with E-state index in [0.29, 0.717) is 16.3 Å². The van der Waals surface area contributed by atoms with Crippen LogP contribution in [0.1, 0.15) is 41.3 Å². The number of amides is 3. The number of oxime groups is 1. The molecular formula is C25H23Cl2N3O3. The summed E-state index contributed by atoms with van der Waals surface area (Å²) in [5.41, 5.74) is 3.23. The highest BCUT2D eigenvalue weighted by molar-refractivity contribution is 6.34. The Bertz CT molecular complexity index is 1150. The average molecular weight is 484 g/mol. The lowest BCUT2D eigenvalue weighted by Crippen LogP contribution is -2.34. The van der Waals surface area contributed by atoms with Crippen LogP contribution in [0.5, 0.6) is 0 Å². The van der Waals surface area contributed by atoms with E-state index >= 15 is 0 Å². The summed E-state index contributed by atoms with van der Waals surface area (Å²) in [6, 6.07) is 20.6. The molecule has 0 aromatic heterocycles. The van der Waals surface area contributed by atoms with Crippen molar-refractivity contribution in [1.82, 2.24) is 5.32 Å². The maximum absolute atomic E-state index is 12.2. The van der Waals surface area contributed by atoms with Gasteiger partial charge in [0.2, 0.25) is 0 Å². The quantitative estimate of drug-likeness (QED) is 0.277. The Kier molecular flexibility index (Phi) is 8.87. The van der Waals surface area contributed by atoms with E-state index in [4.69, 9.17) is 28.0 Å². The molecule has 0 aliphatic rings. The summed E-state index contributed by atoms with van der Waals surface area (Å²) in [4.78, 5) is 29.9. The highest BCUT2D eigenvalue weighted by atomic mass is 35.5. The van der Waals surface area contributed by atoms with Crippen molar-refractivity contribution in [3.63, 3.8) is 0 Å². The molecule has 0 bridgehead atoms. The molecule has 2 N–H and O–H groups in total. The third-order valence-corrected chi connectivity index (χ3v) is 5.33. The second kappa shape index (κ2) is 12.0. The summed E-state index contributed by atoms with van der Waals surface area (Å²) in [7, 11) is 0. The second-order valence-corrected chi connectivity index (χ2v) is 7.94. The minimum Gasteiger partial charge on any atom is -0.391 e. The van der Waals surface area contributed by atoms with E-state index in [9.17, 15) is 9.59 Å². The fourth-order valence-electron chi connectivity index (χ4n) is 3.01. The molecule has 3 amide bonds. The summed E-state index contributed by atoms with van der Waals surface area (Å²) in [6.07, 6.45) is 1.74. The number of imide groups is 1. The summed E-state index contributed by atoms with van der Waals surface area (Å²) in [6.45, 7) is 2.26. The second-order valence-electron chi connectivity index (χ2n) is 7.12. The number of benzene rings is 3. The van der Waals surface area contributed by atoms with E-state index in [2.05, 4.69) is 22.7 Å². The zero-order valence-corrected chi connectivity index (χ0v) is 19.5. The largest absolute Gasteiger partial charge is 0.391 e. The predicted molar refractivity (Wildman–Crippen MR) is 132 cm³/mol. The number of anilines is 1. The van der Waals surface area contributed by atoms with Crippen molar-refractivity contribution < 1.29 is 14.4 Å². The molecule has 0 fully saturated rings. The number of urea groups is 1. The molecule has 0 unspecified atom stereocenters. The molecule has 0 radical (unpaired) electrons. The summed E-state index contributed by atoms with van der Waals surface area (Å²) < 4.78 is 0. The minimum atomic E-state index is -0.698. The van der Waals surface area contributed by atoms with Crippen LogP contribution in [0, 0.1) is 0 Å². The van der Waals surface area contributed by atoms with Crippen molar-refractivity contribution in [2.24, 2.45) is 5.16 Å². The van der Waals surface area contributed by atoms with Crippen LogP contribution < -0.4 is 10.6 Å². The Morgan fingerprint density at radius 1 is 0.939 bits per heavy atom. The maximum atomic E-state index is 12.2. The Morgan fingerprint density at radius 3 is 2.36 bits per heavy atom. The van der Waals surface area contributed by atoms with Crippen LogP contribution >= 0.6 is 23.2 Å². The van der Waals surface area contributed by atoms with E-state index in [1.807, 2.05) is 30.3 Å². The fourth-order valence-corrected chi connectivity index (χ4v) is 3.47. The number of nitrogens with zero attached hydrogens (tertiary/aromatic N) is 1. The molecule has 0 spiro atoms. The van der Waals surface area contributed by atoms with Gasteiger partial charge < -0.3 is 10.2 Å². The van der Waals surface area contributed by atoms with Crippen LogP contribution in [0.25, 0.3) is 0 Å². The highest BCUT2D eigenvalue weighted by Gasteiger charge is 2.14. The Morgan fingerprint density at radius 2 is 1.67 bits per heavy atom. The van der Waals surface area contributed by atoms with Crippen molar-refractivity contribution in [3.05, 3.63) is 99.5 Å². The monoisotopic (exact) mass is 483 g/mol. The summed E-state index contributed by atoms with van der Waals surface area (Å²) in [5, 5.41) is 9.76. The number of halogens is 2. The highest BCUT2D eigenvalue weighted by Crippen LogP contribution is 2.22. The molecule has 0 saturated carbocycles. The first kappa shape index (κ1) is 24.3. The minimum absolute atomic E-state index is 0.177. The Balaban J connectivity index is 1.58. The van der Waals surface area contributed by atoms with Gasteiger partial charge in [-0.1, -0.05) is 90.2 Å². The molecule has 170 valence electrons. The molecule has 3 aromatic rings. The van der Waals surface area contributed by atoms with Crippen LogP contribution in [0.15, 0.2) is 78.0 Å². The van der Waals surface area contributed by atoms with Gasteiger partial charge in [-0.15, -0.1) is 0 Å². The van der Waals surface area contributed by atoms with Crippen molar-refractivity contribution in [3.8, 4) is 0 Å². The van der Waals surface area contributed by atoms with E-state index in [0.717, 1.165) is 24.1 Å². The molecule has 33 heavy (non-hydrogen) atoms. The predicted octanol–water partition coefficient (Wildman–Crippen LogP) is 6.68. The van der Waals surface area contributed by atoms with E-state index in [1.165, 1.54) is 6.07 Å². The van der Waals surface area contributed by atoms with E-state index in [1.54, 1.807) is 36.4 Å². The third kappa shape index (κ3) is 7.07. The Labute approximate surface area is 202 Å². The standard InChI is InChI=1S/C25H23Cl2N3O3/c1-2-8-23(17-9-4-3-5-10-17)30-33-16-18-13-14-19(15-22(18)27)28-25(32)29-24(31)20-11-6-7-12-21(20)26/h3-7,9-15H,2,8,16H2,1H3,(H2,28,29,31,32)/b30-23+. The molecule has 0 aliphatic carbocycles. The number of hydrogen-bond acceptors (Lipinski definition) is 4. The van der Waals surface area contributed by atoms with Gasteiger partial charge in [-0.05, 0) is 36.2 Å². The van der Waals surface area contributed by atoms with Gasteiger partial charge in [0.1, 0.15) is 6.61 Å². The van der Waals surface area contributed by atoms with Crippen LogP contribution in [-0.4, -0.2) is 17.6 Å². The van der Waals surface area contributed by atoms with Gasteiger partial charge in [-0.3, -0.25) is 10.1 Å². The van der Waals surface area contributed by atoms with Gasteiger partial charge >= 0.3 is 6.03 Å². The molecular weight excluding hydrogens is 461 g/mol.